The monoisotopic (exact) mass is 408 g/mol. The third-order valence-electron chi connectivity index (χ3n) is 3.49. The molecule has 0 aliphatic carbocycles. The lowest BCUT2D eigenvalue weighted by Crippen LogP contribution is -2.17. The first kappa shape index (κ1) is 21.0. The Hall–Kier alpha value is -3.31. The number of nitro benzene ring substituents is 1. The minimum atomic E-state index is -5.13. The van der Waals surface area contributed by atoms with Crippen LogP contribution in [0.2, 0.25) is 0 Å². The zero-order valence-corrected chi connectivity index (χ0v) is 13.8. The Bertz CT molecular complexity index is 892. The number of anilines is 1. The summed E-state index contributed by atoms with van der Waals surface area (Å²) >= 11 is 0. The van der Waals surface area contributed by atoms with Crippen LogP contribution in [0, 0.1) is 10.1 Å². The number of amides is 1. The van der Waals surface area contributed by atoms with Gasteiger partial charge in [0, 0.05) is 17.7 Å². The number of ether oxygens (including phenoxy) is 1. The van der Waals surface area contributed by atoms with Crippen LogP contribution in [-0.2, 0) is 12.4 Å². The van der Waals surface area contributed by atoms with Crippen molar-refractivity contribution in [1.29, 1.82) is 0 Å². The number of benzene rings is 2. The van der Waals surface area contributed by atoms with Crippen LogP contribution in [-0.4, -0.2) is 17.9 Å². The van der Waals surface area contributed by atoms with Crippen LogP contribution in [0.1, 0.15) is 21.5 Å². The van der Waals surface area contributed by atoms with Gasteiger partial charge in [-0.1, -0.05) is 0 Å². The molecule has 0 atom stereocenters. The van der Waals surface area contributed by atoms with Gasteiger partial charge in [0.1, 0.15) is 5.75 Å². The Balaban J connectivity index is 2.50. The number of carbonyl (C=O) groups is 1. The summed E-state index contributed by atoms with van der Waals surface area (Å²) in [5.74, 6) is -1.42. The van der Waals surface area contributed by atoms with E-state index in [1.807, 2.05) is 5.32 Å². The van der Waals surface area contributed by atoms with Gasteiger partial charge in [0.2, 0.25) is 0 Å². The third kappa shape index (κ3) is 4.69. The molecule has 150 valence electrons. The van der Waals surface area contributed by atoms with Gasteiger partial charge in [-0.15, -0.1) is 0 Å². The first-order valence-corrected chi connectivity index (χ1v) is 7.26. The first-order valence-electron chi connectivity index (χ1n) is 7.26. The van der Waals surface area contributed by atoms with E-state index in [2.05, 4.69) is 0 Å². The predicted molar refractivity (Wildman–Crippen MR) is 84.0 cm³/mol. The van der Waals surface area contributed by atoms with Crippen LogP contribution in [0.3, 0.4) is 0 Å². The Morgan fingerprint density at radius 3 is 1.96 bits per heavy atom. The molecule has 0 saturated carbocycles. The highest BCUT2D eigenvalue weighted by molar-refractivity contribution is 6.05. The van der Waals surface area contributed by atoms with E-state index < -0.39 is 45.6 Å². The minimum Gasteiger partial charge on any atom is -0.495 e. The second kappa shape index (κ2) is 7.37. The molecule has 2 rings (SSSR count). The number of carbonyl (C=O) groups excluding carboxylic acids is 1. The van der Waals surface area contributed by atoms with Gasteiger partial charge in [-0.3, -0.25) is 14.9 Å². The number of rotatable bonds is 4. The molecule has 28 heavy (non-hydrogen) atoms. The number of hydrogen-bond donors (Lipinski definition) is 1. The summed E-state index contributed by atoms with van der Waals surface area (Å²) in [4.78, 5) is 22.3. The minimum absolute atomic E-state index is 0.0815. The number of nitrogens with one attached hydrogen (secondary N) is 1. The van der Waals surface area contributed by atoms with Crippen molar-refractivity contribution >= 4 is 17.3 Å². The van der Waals surface area contributed by atoms with Gasteiger partial charge in [0.25, 0.3) is 11.6 Å². The van der Waals surface area contributed by atoms with Gasteiger partial charge in [0.15, 0.2) is 0 Å². The standard InChI is InChI=1S/C16H10F6N2O4/c1-28-13-3-2-11(24(26)27)7-12(13)23-14(25)8-4-9(15(17,18)19)6-10(5-8)16(20,21)22/h2-7H,1H3,(H,23,25). The Kier molecular flexibility index (Phi) is 5.52. The summed E-state index contributed by atoms with van der Waals surface area (Å²) in [6.07, 6.45) is -10.3. The number of alkyl halides is 6. The summed E-state index contributed by atoms with van der Waals surface area (Å²) < 4.78 is 82.2. The molecular weight excluding hydrogens is 398 g/mol. The second-order valence-corrected chi connectivity index (χ2v) is 5.39. The van der Waals surface area contributed by atoms with Gasteiger partial charge in [-0.05, 0) is 24.3 Å². The summed E-state index contributed by atoms with van der Waals surface area (Å²) in [7, 11) is 1.16. The highest BCUT2D eigenvalue weighted by Gasteiger charge is 2.37. The predicted octanol–water partition coefficient (Wildman–Crippen LogP) is 4.89. The first-order chi connectivity index (χ1) is 12.8. The van der Waals surface area contributed by atoms with Crippen molar-refractivity contribution in [3.05, 3.63) is 63.2 Å². The van der Waals surface area contributed by atoms with Crippen LogP contribution in [0.25, 0.3) is 0 Å². The highest BCUT2D eigenvalue weighted by atomic mass is 19.4. The lowest BCUT2D eigenvalue weighted by molar-refractivity contribution is -0.384. The molecule has 0 radical (unpaired) electrons. The van der Waals surface area contributed by atoms with Gasteiger partial charge in [0.05, 0.1) is 28.8 Å². The molecule has 1 N–H and O–H groups in total. The number of methoxy groups -OCH3 is 1. The maximum Gasteiger partial charge on any atom is 0.416 e. The zero-order valence-electron chi connectivity index (χ0n) is 13.8. The molecule has 0 aliphatic rings. The number of halogens is 6. The van der Waals surface area contributed by atoms with E-state index in [-0.39, 0.29) is 29.6 Å². The summed E-state index contributed by atoms with van der Waals surface area (Å²) in [6, 6.07) is 3.38. The van der Waals surface area contributed by atoms with Crippen LogP contribution in [0.4, 0.5) is 37.7 Å². The number of non-ortho nitro benzene ring substituents is 1. The third-order valence-corrected chi connectivity index (χ3v) is 3.49. The summed E-state index contributed by atoms with van der Waals surface area (Å²) in [5, 5.41) is 12.8. The van der Waals surface area contributed by atoms with E-state index in [1.165, 1.54) is 0 Å². The van der Waals surface area contributed by atoms with Crippen molar-refractivity contribution in [2.75, 3.05) is 12.4 Å². The Labute approximate surface area is 152 Å². The summed E-state index contributed by atoms with van der Waals surface area (Å²) in [5.41, 5.74) is -5.04. The molecule has 0 saturated heterocycles. The fourth-order valence-corrected chi connectivity index (χ4v) is 2.19. The highest BCUT2D eigenvalue weighted by Crippen LogP contribution is 2.37. The lowest BCUT2D eigenvalue weighted by atomic mass is 10.0. The van der Waals surface area contributed by atoms with E-state index >= 15 is 0 Å². The molecule has 0 aromatic heterocycles. The van der Waals surface area contributed by atoms with Crippen molar-refractivity contribution in [3.63, 3.8) is 0 Å². The molecule has 0 bridgehead atoms. The maximum absolute atomic E-state index is 12.9. The van der Waals surface area contributed by atoms with Gasteiger partial charge < -0.3 is 10.1 Å². The van der Waals surface area contributed by atoms with Gasteiger partial charge in [-0.2, -0.15) is 26.3 Å². The van der Waals surface area contributed by atoms with E-state index in [9.17, 15) is 41.3 Å². The number of hydrogen-bond acceptors (Lipinski definition) is 4. The molecule has 0 aliphatic heterocycles. The van der Waals surface area contributed by atoms with Crippen molar-refractivity contribution in [2.24, 2.45) is 0 Å². The van der Waals surface area contributed by atoms with E-state index in [1.54, 1.807) is 0 Å². The topological polar surface area (TPSA) is 81.5 Å². The quantitative estimate of drug-likeness (QED) is 0.444. The lowest BCUT2D eigenvalue weighted by Gasteiger charge is -2.15. The van der Waals surface area contributed by atoms with Crippen molar-refractivity contribution in [1.82, 2.24) is 0 Å². The number of nitro groups is 1. The fourth-order valence-electron chi connectivity index (χ4n) is 2.19. The Morgan fingerprint density at radius 1 is 1.00 bits per heavy atom. The van der Waals surface area contributed by atoms with E-state index in [0.29, 0.717) is 0 Å². The molecule has 0 unspecified atom stereocenters. The molecule has 1 amide bonds. The second-order valence-electron chi connectivity index (χ2n) is 5.39. The van der Waals surface area contributed by atoms with E-state index in [0.717, 1.165) is 25.3 Å². The molecule has 6 nitrogen and oxygen atoms in total. The zero-order chi connectivity index (χ0) is 21.3. The molecule has 12 heteroatoms. The van der Waals surface area contributed by atoms with Crippen LogP contribution in [0.15, 0.2) is 36.4 Å². The molecule has 0 heterocycles. The molecule has 2 aromatic carbocycles. The molecule has 2 aromatic rings. The van der Waals surface area contributed by atoms with Crippen molar-refractivity contribution in [3.8, 4) is 5.75 Å². The fraction of sp³-hybridized carbons (Fsp3) is 0.188. The van der Waals surface area contributed by atoms with Crippen molar-refractivity contribution < 1.29 is 40.8 Å². The average molecular weight is 408 g/mol. The summed E-state index contributed by atoms with van der Waals surface area (Å²) in [6.45, 7) is 0. The Morgan fingerprint density at radius 2 is 1.54 bits per heavy atom. The average Bonchev–Trinajstić information content (AvgIpc) is 2.59. The van der Waals surface area contributed by atoms with Gasteiger partial charge >= 0.3 is 12.4 Å². The van der Waals surface area contributed by atoms with Crippen LogP contribution >= 0.6 is 0 Å². The number of nitrogens with zero attached hydrogens (tertiary/aromatic N) is 1. The normalized spacial score (nSPS) is 11.8. The maximum atomic E-state index is 12.9. The molecule has 0 fully saturated rings. The van der Waals surface area contributed by atoms with E-state index in [4.69, 9.17) is 4.74 Å². The SMILES string of the molecule is COc1ccc([N+](=O)[O-])cc1NC(=O)c1cc(C(F)(F)F)cc(C(F)(F)F)c1. The van der Waals surface area contributed by atoms with Crippen LogP contribution < -0.4 is 10.1 Å². The van der Waals surface area contributed by atoms with Crippen LogP contribution in [0.5, 0.6) is 5.75 Å². The smallest absolute Gasteiger partial charge is 0.416 e. The van der Waals surface area contributed by atoms with Crippen molar-refractivity contribution in [2.45, 2.75) is 12.4 Å². The largest absolute Gasteiger partial charge is 0.495 e. The molecular formula is C16H10F6N2O4. The molecule has 0 spiro atoms. The van der Waals surface area contributed by atoms with Gasteiger partial charge in [-0.25, -0.2) is 0 Å².